The number of fused-ring (bicyclic) bond motifs is 3. The molecule has 4 aliphatic rings. The van der Waals surface area contributed by atoms with Gasteiger partial charge in [0.1, 0.15) is 0 Å². The normalized spacial score (nSPS) is 25.2. The molecule has 7 rings (SSSR count). The van der Waals surface area contributed by atoms with Gasteiger partial charge in [0.15, 0.2) is 0 Å². The predicted octanol–water partition coefficient (Wildman–Crippen LogP) is 4.36. The van der Waals surface area contributed by atoms with Crippen molar-refractivity contribution in [2.75, 3.05) is 51.0 Å². The molecule has 1 saturated carbocycles. The van der Waals surface area contributed by atoms with Crippen molar-refractivity contribution >= 4 is 22.5 Å². The summed E-state index contributed by atoms with van der Waals surface area (Å²) in [5.74, 6) is -0.0135. The van der Waals surface area contributed by atoms with Crippen LogP contribution in [0.15, 0.2) is 42.5 Å². The second-order valence-corrected chi connectivity index (χ2v) is 11.8. The maximum absolute atomic E-state index is 13.4. The van der Waals surface area contributed by atoms with E-state index in [-0.39, 0.29) is 11.4 Å². The zero-order valence-electron chi connectivity index (χ0n) is 22.7. The van der Waals surface area contributed by atoms with Crippen molar-refractivity contribution in [1.82, 2.24) is 20.4 Å². The van der Waals surface area contributed by atoms with Crippen LogP contribution in [0.3, 0.4) is 0 Å². The largest absolute Gasteiger partial charge is 0.379 e. The second-order valence-electron chi connectivity index (χ2n) is 11.8. The maximum atomic E-state index is 13.4. The molecule has 0 radical (unpaired) electrons. The van der Waals surface area contributed by atoms with Crippen LogP contribution in [-0.2, 0) is 9.47 Å². The first kappa shape index (κ1) is 25.1. The average molecular weight is 530 g/mol. The lowest BCUT2D eigenvalue weighted by Crippen LogP contribution is -2.59. The molecule has 1 aromatic heterocycles. The van der Waals surface area contributed by atoms with Crippen LogP contribution < -0.4 is 10.2 Å². The molecule has 39 heavy (non-hydrogen) atoms. The molecule has 2 atom stereocenters. The van der Waals surface area contributed by atoms with Crippen LogP contribution in [0.1, 0.15) is 55.3 Å². The molecular weight excluding hydrogens is 490 g/mol. The highest BCUT2D eigenvalue weighted by molar-refractivity contribution is 6.01. The van der Waals surface area contributed by atoms with E-state index in [1.165, 1.54) is 37.8 Å². The fourth-order valence-electron chi connectivity index (χ4n) is 7.42. The van der Waals surface area contributed by atoms with Crippen LogP contribution in [0.5, 0.6) is 0 Å². The van der Waals surface area contributed by atoms with Gasteiger partial charge in [0.2, 0.25) is 0 Å². The highest BCUT2D eigenvalue weighted by Crippen LogP contribution is 2.36. The Morgan fingerprint density at radius 1 is 0.974 bits per heavy atom. The van der Waals surface area contributed by atoms with E-state index in [0.717, 1.165) is 74.5 Å². The Balaban J connectivity index is 1.09. The number of aromatic amines is 1. The topological polar surface area (TPSA) is 82.7 Å². The number of benzene rings is 2. The third kappa shape index (κ3) is 4.72. The molecule has 1 amide bonds. The van der Waals surface area contributed by atoms with E-state index in [9.17, 15) is 4.79 Å². The fourth-order valence-corrected chi connectivity index (χ4v) is 7.42. The van der Waals surface area contributed by atoms with Crippen molar-refractivity contribution in [2.24, 2.45) is 0 Å². The minimum absolute atomic E-state index is 0.0135. The quantitative estimate of drug-likeness (QED) is 0.494. The van der Waals surface area contributed by atoms with Gasteiger partial charge in [-0.1, -0.05) is 31.4 Å². The molecule has 2 unspecified atom stereocenters. The van der Waals surface area contributed by atoms with E-state index in [4.69, 9.17) is 9.47 Å². The Bertz CT molecular complexity index is 1290. The maximum Gasteiger partial charge on any atom is 0.251 e. The Labute approximate surface area is 230 Å². The number of nitrogens with one attached hydrogen (secondary N) is 2. The molecule has 3 aliphatic heterocycles. The standard InChI is InChI=1S/C31H39N5O3/c37-30(32-21-31(12-2-1-3-13-31)35-14-16-38-17-15-35)23-6-11-28-27(18-23)29(34-33-28)22-4-7-24(8-5-22)36-25-9-10-26(36)20-39-19-25/h4-8,11,18,25-26H,1-3,9-10,12-17,19-21H2,(H,32,37)(H,33,34). The highest BCUT2D eigenvalue weighted by atomic mass is 16.5. The van der Waals surface area contributed by atoms with Gasteiger partial charge in [-0.2, -0.15) is 5.10 Å². The summed E-state index contributed by atoms with van der Waals surface area (Å²) in [6.07, 6.45) is 8.42. The summed E-state index contributed by atoms with van der Waals surface area (Å²) in [5.41, 5.74) is 4.86. The Kier molecular flexibility index (Phi) is 6.78. The van der Waals surface area contributed by atoms with Gasteiger partial charge in [-0.15, -0.1) is 0 Å². The van der Waals surface area contributed by atoms with E-state index in [2.05, 4.69) is 49.6 Å². The van der Waals surface area contributed by atoms with Crippen molar-refractivity contribution in [1.29, 1.82) is 0 Å². The summed E-state index contributed by atoms with van der Waals surface area (Å²) in [7, 11) is 0. The summed E-state index contributed by atoms with van der Waals surface area (Å²) in [4.78, 5) is 18.5. The number of hydrogen-bond donors (Lipinski definition) is 2. The van der Waals surface area contributed by atoms with Gasteiger partial charge in [0.05, 0.1) is 49.7 Å². The molecule has 206 valence electrons. The number of H-pyrrole nitrogens is 1. The molecule has 8 heteroatoms. The Morgan fingerprint density at radius 3 is 2.46 bits per heavy atom. The van der Waals surface area contributed by atoms with E-state index in [0.29, 0.717) is 24.2 Å². The summed E-state index contributed by atoms with van der Waals surface area (Å²) in [5, 5.41) is 12.1. The van der Waals surface area contributed by atoms with Gasteiger partial charge in [-0.3, -0.25) is 14.8 Å². The van der Waals surface area contributed by atoms with Crippen molar-refractivity contribution in [3.05, 3.63) is 48.0 Å². The van der Waals surface area contributed by atoms with Crippen LogP contribution >= 0.6 is 0 Å². The summed E-state index contributed by atoms with van der Waals surface area (Å²) < 4.78 is 11.4. The lowest BCUT2D eigenvalue weighted by Gasteiger charge is -2.48. The van der Waals surface area contributed by atoms with Gasteiger partial charge >= 0.3 is 0 Å². The van der Waals surface area contributed by atoms with Crippen LogP contribution in [0.25, 0.3) is 22.2 Å². The monoisotopic (exact) mass is 529 g/mol. The number of morpholine rings is 2. The highest BCUT2D eigenvalue weighted by Gasteiger charge is 2.39. The third-order valence-corrected chi connectivity index (χ3v) is 9.55. The molecule has 2 aromatic carbocycles. The van der Waals surface area contributed by atoms with Crippen LogP contribution in [-0.4, -0.2) is 84.7 Å². The zero-order chi connectivity index (χ0) is 26.2. The number of amides is 1. The summed E-state index contributed by atoms with van der Waals surface area (Å²) in [6.45, 7) is 5.79. The van der Waals surface area contributed by atoms with Crippen molar-refractivity contribution in [3.8, 4) is 11.3 Å². The molecule has 4 fully saturated rings. The fraction of sp³-hybridized carbons (Fsp3) is 0.548. The van der Waals surface area contributed by atoms with E-state index in [1.807, 2.05) is 18.2 Å². The number of carbonyl (C=O) groups excluding carboxylic acids is 1. The molecular formula is C31H39N5O3. The van der Waals surface area contributed by atoms with Gasteiger partial charge in [0.25, 0.3) is 5.91 Å². The number of hydrogen-bond acceptors (Lipinski definition) is 6. The van der Waals surface area contributed by atoms with Crippen LogP contribution in [0.4, 0.5) is 5.69 Å². The summed E-state index contributed by atoms with van der Waals surface area (Å²) in [6, 6.07) is 15.6. The first-order valence-corrected chi connectivity index (χ1v) is 14.8. The van der Waals surface area contributed by atoms with E-state index < -0.39 is 0 Å². The van der Waals surface area contributed by atoms with Crippen LogP contribution in [0, 0.1) is 0 Å². The van der Waals surface area contributed by atoms with E-state index in [1.54, 1.807) is 0 Å². The molecule has 1 aliphatic carbocycles. The molecule has 0 spiro atoms. The number of aromatic nitrogens is 2. The van der Waals surface area contributed by atoms with Gasteiger partial charge in [0, 0.05) is 47.4 Å². The number of carbonyl (C=O) groups is 1. The van der Waals surface area contributed by atoms with Gasteiger partial charge < -0.3 is 19.7 Å². The molecule has 8 nitrogen and oxygen atoms in total. The second kappa shape index (κ2) is 10.6. The van der Waals surface area contributed by atoms with Gasteiger partial charge in [-0.25, -0.2) is 0 Å². The minimum atomic E-state index is -0.0135. The average Bonchev–Trinajstić information content (AvgIpc) is 3.53. The van der Waals surface area contributed by atoms with Crippen LogP contribution in [0.2, 0.25) is 0 Å². The van der Waals surface area contributed by atoms with E-state index >= 15 is 0 Å². The lowest BCUT2D eigenvalue weighted by molar-refractivity contribution is -0.0361. The predicted molar refractivity (Wildman–Crippen MR) is 152 cm³/mol. The Morgan fingerprint density at radius 2 is 1.72 bits per heavy atom. The molecule has 2 bridgehead atoms. The third-order valence-electron chi connectivity index (χ3n) is 9.55. The van der Waals surface area contributed by atoms with Crippen molar-refractivity contribution in [3.63, 3.8) is 0 Å². The lowest BCUT2D eigenvalue weighted by atomic mass is 9.79. The SMILES string of the molecule is O=C(NCC1(N2CCOCC2)CCCCC1)c1ccc2[nH]nc(-c3ccc(N4C5CCC4COC5)cc3)c2c1. The van der Waals surface area contributed by atoms with Crippen molar-refractivity contribution in [2.45, 2.75) is 62.6 Å². The molecule has 2 N–H and O–H groups in total. The number of anilines is 1. The number of rotatable bonds is 6. The summed E-state index contributed by atoms with van der Waals surface area (Å²) >= 11 is 0. The number of ether oxygens (including phenoxy) is 2. The minimum Gasteiger partial charge on any atom is -0.379 e. The van der Waals surface area contributed by atoms with Gasteiger partial charge in [-0.05, 0) is 56.0 Å². The molecule has 3 saturated heterocycles. The molecule has 4 heterocycles. The number of nitrogens with zero attached hydrogens (tertiary/aromatic N) is 3. The first-order valence-electron chi connectivity index (χ1n) is 14.8. The first-order chi connectivity index (χ1) is 19.2. The zero-order valence-corrected chi connectivity index (χ0v) is 22.7. The van der Waals surface area contributed by atoms with Crippen molar-refractivity contribution < 1.29 is 14.3 Å². The Hall–Kier alpha value is -2.94. The smallest absolute Gasteiger partial charge is 0.251 e. The molecule has 3 aromatic rings.